The van der Waals surface area contributed by atoms with E-state index in [-0.39, 0.29) is 16.4 Å². The number of hydrogen-bond acceptors (Lipinski definition) is 8. The highest BCUT2D eigenvalue weighted by Gasteiger charge is 2.28. The van der Waals surface area contributed by atoms with Crippen LogP contribution in [0.3, 0.4) is 0 Å². The van der Waals surface area contributed by atoms with E-state index < -0.39 is 9.84 Å². The van der Waals surface area contributed by atoms with Crippen molar-refractivity contribution in [1.82, 2.24) is 29.9 Å². The summed E-state index contributed by atoms with van der Waals surface area (Å²) in [6.45, 7) is 1.83. The van der Waals surface area contributed by atoms with Crippen LogP contribution in [0.2, 0.25) is 5.02 Å². The van der Waals surface area contributed by atoms with Gasteiger partial charge in [-0.25, -0.2) is 18.4 Å². The van der Waals surface area contributed by atoms with Crippen molar-refractivity contribution in [3.8, 4) is 5.69 Å². The zero-order valence-corrected chi connectivity index (χ0v) is 19.7. The molecule has 5 rings (SSSR count). The molecule has 0 unspecified atom stereocenters. The van der Waals surface area contributed by atoms with Crippen LogP contribution >= 0.6 is 11.6 Å². The van der Waals surface area contributed by atoms with E-state index in [1.807, 2.05) is 17.0 Å². The molecule has 1 amide bonds. The molecule has 0 bridgehead atoms. The number of fused-ring (bicyclic) bond motifs is 1. The van der Waals surface area contributed by atoms with Crippen LogP contribution < -0.4 is 4.90 Å². The van der Waals surface area contributed by atoms with Crippen molar-refractivity contribution in [3.05, 3.63) is 65.4 Å². The number of hydrogen-bond donors (Lipinski definition) is 0. The Morgan fingerprint density at radius 3 is 2.38 bits per heavy atom. The summed E-state index contributed by atoms with van der Waals surface area (Å²) < 4.78 is 25.8. The molecule has 0 spiro atoms. The Bertz CT molecular complexity index is 1480. The molecule has 0 saturated carbocycles. The quantitative estimate of drug-likeness (QED) is 0.421. The van der Waals surface area contributed by atoms with Gasteiger partial charge < -0.3 is 9.80 Å². The van der Waals surface area contributed by atoms with E-state index in [9.17, 15) is 13.2 Å². The van der Waals surface area contributed by atoms with Gasteiger partial charge >= 0.3 is 0 Å². The first-order chi connectivity index (χ1) is 16.3. The number of aromatic nitrogens is 5. The van der Waals surface area contributed by atoms with E-state index in [2.05, 4.69) is 20.3 Å². The number of nitrogens with zero attached hydrogens (tertiary/aromatic N) is 7. The number of carbonyl (C=O) groups is 1. The second kappa shape index (κ2) is 8.65. The van der Waals surface area contributed by atoms with Gasteiger partial charge in [-0.3, -0.25) is 4.79 Å². The van der Waals surface area contributed by atoms with E-state index >= 15 is 0 Å². The van der Waals surface area contributed by atoms with Gasteiger partial charge in [0.25, 0.3) is 5.91 Å². The molecule has 0 radical (unpaired) electrons. The number of anilines is 1. The van der Waals surface area contributed by atoms with Crippen LogP contribution in [0.1, 0.15) is 10.4 Å². The number of halogens is 1. The summed E-state index contributed by atoms with van der Waals surface area (Å²) in [6.07, 6.45) is 2.57. The molecule has 174 valence electrons. The monoisotopic (exact) mass is 497 g/mol. The fourth-order valence-electron chi connectivity index (χ4n) is 3.98. The van der Waals surface area contributed by atoms with Crippen molar-refractivity contribution in [1.29, 1.82) is 0 Å². The van der Waals surface area contributed by atoms with Gasteiger partial charge in [-0.05, 0) is 36.4 Å². The Morgan fingerprint density at radius 1 is 0.971 bits per heavy atom. The van der Waals surface area contributed by atoms with Gasteiger partial charge in [0, 0.05) is 37.5 Å². The Hall–Kier alpha value is -3.57. The molecule has 0 N–H and O–H groups in total. The summed E-state index contributed by atoms with van der Waals surface area (Å²) in [4.78, 5) is 25.6. The Balaban J connectivity index is 1.37. The SMILES string of the molecule is CS(=O)(=O)c1ccccc1C(=O)N1CCN(c2ncnc3c2nnn3-c2ccc(Cl)cc2)CC1. The van der Waals surface area contributed by atoms with Gasteiger partial charge in [-0.2, -0.15) is 4.68 Å². The predicted octanol–water partition coefficient (Wildman–Crippen LogP) is 2.23. The molecule has 1 saturated heterocycles. The molecular weight excluding hydrogens is 478 g/mol. The number of piperazine rings is 1. The van der Waals surface area contributed by atoms with E-state index in [1.165, 1.54) is 12.4 Å². The third kappa shape index (κ3) is 4.08. The maximum Gasteiger partial charge on any atom is 0.255 e. The third-order valence-corrected chi connectivity index (χ3v) is 7.08. The first-order valence-electron chi connectivity index (χ1n) is 10.5. The molecule has 2 aromatic heterocycles. The van der Waals surface area contributed by atoms with E-state index in [0.717, 1.165) is 11.9 Å². The van der Waals surface area contributed by atoms with Gasteiger partial charge in [0.1, 0.15) is 6.33 Å². The Labute approximate surface area is 200 Å². The summed E-state index contributed by atoms with van der Waals surface area (Å²) in [7, 11) is -3.52. The average Bonchev–Trinajstić information content (AvgIpc) is 3.28. The molecule has 4 aromatic rings. The summed E-state index contributed by atoms with van der Waals surface area (Å²) in [5.74, 6) is 0.330. The van der Waals surface area contributed by atoms with Crippen LogP contribution in [-0.2, 0) is 9.84 Å². The molecule has 0 aliphatic carbocycles. The van der Waals surface area contributed by atoms with E-state index in [1.54, 1.807) is 39.9 Å². The van der Waals surface area contributed by atoms with E-state index in [4.69, 9.17) is 11.6 Å². The summed E-state index contributed by atoms with van der Waals surface area (Å²) in [6, 6.07) is 13.5. The van der Waals surface area contributed by atoms with Crippen LogP contribution in [0, 0.1) is 0 Å². The van der Waals surface area contributed by atoms with Crippen molar-refractivity contribution >= 4 is 44.3 Å². The first kappa shape index (κ1) is 22.2. The number of rotatable bonds is 4. The number of sulfone groups is 1. The Morgan fingerprint density at radius 2 is 1.68 bits per heavy atom. The maximum atomic E-state index is 13.1. The molecule has 0 atom stereocenters. The van der Waals surface area contributed by atoms with Crippen LogP contribution in [0.15, 0.2) is 59.8 Å². The molecule has 10 nitrogen and oxygen atoms in total. The molecule has 1 fully saturated rings. The van der Waals surface area contributed by atoms with Crippen LogP contribution in [0.5, 0.6) is 0 Å². The first-order valence-corrected chi connectivity index (χ1v) is 12.8. The fraction of sp³-hybridized carbons (Fsp3) is 0.227. The number of amides is 1. The number of benzene rings is 2. The predicted molar refractivity (Wildman–Crippen MR) is 127 cm³/mol. The molecule has 12 heteroatoms. The van der Waals surface area contributed by atoms with E-state index in [0.29, 0.717) is 48.2 Å². The van der Waals surface area contributed by atoms with Gasteiger partial charge in [-0.15, -0.1) is 5.10 Å². The lowest BCUT2D eigenvalue weighted by atomic mass is 10.2. The fourth-order valence-corrected chi connectivity index (χ4v) is 4.99. The molecule has 34 heavy (non-hydrogen) atoms. The van der Waals surface area contributed by atoms with Gasteiger partial charge in [0.05, 0.1) is 16.1 Å². The maximum absolute atomic E-state index is 13.1. The summed E-state index contributed by atoms with van der Waals surface area (Å²) in [5.41, 5.74) is 2.08. The van der Waals surface area contributed by atoms with Crippen molar-refractivity contribution in [2.24, 2.45) is 0 Å². The summed E-state index contributed by atoms with van der Waals surface area (Å²) >= 11 is 5.99. The van der Waals surface area contributed by atoms with Crippen molar-refractivity contribution in [3.63, 3.8) is 0 Å². The zero-order valence-electron chi connectivity index (χ0n) is 18.2. The van der Waals surface area contributed by atoms with Crippen LogP contribution in [0.25, 0.3) is 16.9 Å². The largest absolute Gasteiger partial charge is 0.351 e. The number of carbonyl (C=O) groups excluding carboxylic acids is 1. The van der Waals surface area contributed by atoms with Gasteiger partial charge in [-0.1, -0.05) is 28.9 Å². The molecular formula is C22H20ClN7O3S. The third-order valence-electron chi connectivity index (χ3n) is 5.67. The molecule has 1 aliphatic rings. The molecule has 2 aromatic carbocycles. The van der Waals surface area contributed by atoms with Gasteiger partial charge in [0.2, 0.25) is 0 Å². The topological polar surface area (TPSA) is 114 Å². The van der Waals surface area contributed by atoms with Crippen LogP contribution in [0.4, 0.5) is 5.82 Å². The van der Waals surface area contributed by atoms with Crippen molar-refractivity contribution in [2.75, 3.05) is 37.3 Å². The molecule has 3 heterocycles. The summed E-state index contributed by atoms with van der Waals surface area (Å²) in [5, 5.41) is 9.16. The lowest BCUT2D eigenvalue weighted by Gasteiger charge is -2.35. The Kier molecular flexibility index (Phi) is 5.66. The highest BCUT2D eigenvalue weighted by atomic mass is 35.5. The lowest BCUT2D eigenvalue weighted by molar-refractivity contribution is 0.0742. The normalized spacial score (nSPS) is 14.5. The highest BCUT2D eigenvalue weighted by Crippen LogP contribution is 2.25. The minimum absolute atomic E-state index is 0.0405. The molecule has 1 aliphatic heterocycles. The van der Waals surface area contributed by atoms with Gasteiger partial charge in [0.15, 0.2) is 26.8 Å². The minimum Gasteiger partial charge on any atom is -0.351 e. The van der Waals surface area contributed by atoms with Crippen LogP contribution in [-0.4, -0.2) is 76.6 Å². The lowest BCUT2D eigenvalue weighted by Crippen LogP contribution is -2.49. The highest BCUT2D eigenvalue weighted by molar-refractivity contribution is 7.90. The smallest absolute Gasteiger partial charge is 0.255 e. The van der Waals surface area contributed by atoms with Crippen molar-refractivity contribution < 1.29 is 13.2 Å². The average molecular weight is 498 g/mol. The minimum atomic E-state index is -3.52. The zero-order chi connectivity index (χ0) is 23.9. The standard InChI is InChI=1S/C22H20ClN7O3S/c1-34(32,33)18-5-3-2-4-17(18)22(31)29-12-10-28(11-13-29)20-19-21(25-14-24-20)30(27-26-19)16-8-6-15(23)7-9-16/h2-9,14H,10-13H2,1H3. The second-order valence-corrected chi connectivity index (χ2v) is 10.3. The second-order valence-electron chi connectivity index (χ2n) is 7.89. The van der Waals surface area contributed by atoms with Crippen molar-refractivity contribution in [2.45, 2.75) is 4.90 Å².